The molecule has 0 radical (unpaired) electrons. The van der Waals surface area contributed by atoms with E-state index in [-0.39, 0.29) is 30.4 Å². The van der Waals surface area contributed by atoms with E-state index in [1.165, 1.54) is 37.1 Å². The van der Waals surface area contributed by atoms with Crippen molar-refractivity contribution < 1.29 is 28.6 Å². The van der Waals surface area contributed by atoms with Crippen LogP contribution in [0, 0.1) is 30.6 Å². The summed E-state index contributed by atoms with van der Waals surface area (Å²) in [5.41, 5.74) is 1.51. The number of allylic oxidation sites excluding steroid dienone is 1. The molecule has 2 amide bonds. The number of ether oxygens (including phenoxy) is 3. The van der Waals surface area contributed by atoms with Gasteiger partial charge in [-0.05, 0) is 77.3 Å². The maximum absolute atomic E-state index is 14.2. The number of benzene rings is 1. The van der Waals surface area contributed by atoms with Crippen molar-refractivity contribution in [1.29, 1.82) is 0 Å². The fourth-order valence-electron chi connectivity index (χ4n) is 8.62. The van der Waals surface area contributed by atoms with Crippen molar-refractivity contribution in [3.8, 4) is 11.5 Å². The molecular weight excluding hydrogens is 665 g/mol. The highest BCUT2D eigenvalue weighted by atomic mass is 32.2. The van der Waals surface area contributed by atoms with E-state index >= 15 is 0 Å². The Labute approximate surface area is 305 Å². The van der Waals surface area contributed by atoms with Crippen molar-refractivity contribution in [1.82, 2.24) is 15.2 Å². The van der Waals surface area contributed by atoms with Crippen LogP contribution in [0.1, 0.15) is 94.9 Å². The Balaban J connectivity index is 1.19. The molecule has 3 fully saturated rings. The number of rotatable bonds is 7. The summed E-state index contributed by atoms with van der Waals surface area (Å²) in [5, 5.41) is 5.21. The third-order valence-corrected chi connectivity index (χ3v) is 12.9. The van der Waals surface area contributed by atoms with E-state index in [0.717, 1.165) is 52.9 Å². The largest absolute Gasteiger partial charge is 0.496 e. The fraction of sp³-hybridized carbons (Fsp3) is 0.625. The smallest absolute Gasteiger partial charge is 0.332 e. The van der Waals surface area contributed by atoms with E-state index < -0.39 is 29.4 Å². The molecule has 0 saturated heterocycles. The summed E-state index contributed by atoms with van der Waals surface area (Å²) in [4.78, 5) is 53.5. The van der Waals surface area contributed by atoms with Crippen LogP contribution in [0.3, 0.4) is 0 Å². The lowest BCUT2D eigenvalue weighted by molar-refractivity contribution is -0.150. The van der Waals surface area contributed by atoms with Gasteiger partial charge in [0.15, 0.2) is 0 Å². The maximum atomic E-state index is 14.2. The van der Waals surface area contributed by atoms with Crippen LogP contribution in [-0.2, 0) is 19.1 Å². The van der Waals surface area contributed by atoms with Gasteiger partial charge in [-0.25, -0.2) is 9.78 Å². The first kappa shape index (κ1) is 35.8. The van der Waals surface area contributed by atoms with Gasteiger partial charge in [0.25, 0.3) is 0 Å². The predicted molar refractivity (Wildman–Crippen MR) is 199 cm³/mol. The van der Waals surface area contributed by atoms with Crippen LogP contribution in [0.15, 0.2) is 35.3 Å². The first-order chi connectivity index (χ1) is 24.7. The second-order valence-electron chi connectivity index (χ2n) is 15.1. The lowest BCUT2D eigenvalue weighted by Gasteiger charge is -2.26. The zero-order valence-corrected chi connectivity index (χ0v) is 31.3. The monoisotopic (exact) mass is 716 g/mol. The number of aromatic nitrogens is 1. The Kier molecular flexibility index (Phi) is 10.6. The molecule has 3 aliphatic carbocycles. The molecular formula is C40H52N4O6S. The Hall–Kier alpha value is -3.60. The Morgan fingerprint density at radius 3 is 2.67 bits per heavy atom. The van der Waals surface area contributed by atoms with Crippen molar-refractivity contribution in [3.05, 3.63) is 41.6 Å². The second kappa shape index (κ2) is 15.2. The average molecular weight is 717 g/mol. The van der Waals surface area contributed by atoms with Crippen LogP contribution in [0.5, 0.6) is 11.5 Å². The molecule has 3 heterocycles. The van der Waals surface area contributed by atoms with Gasteiger partial charge in [-0.2, -0.15) is 0 Å². The standard InChI is InChI=1S/C40H52N4O6S/c1-5-49-39(47)40-22-26(40)15-11-6-7-12-18-44(3)38(46)30-20-27(19-29(30)36(45)43-40)50-34-21-31(41-35-24(2)33(48-4)17-16-28(34)35)32-23-51-37(42-32)25-13-9-8-10-14-25/h11,15-17,21,25-27,29-30,32H,5-10,12-14,18-20,22-23H2,1-4H3,(H,43,45)/b15-11-/t26-,27-,29-,30-,32?,40-/m1/s1. The molecule has 1 aromatic carbocycles. The average Bonchev–Trinajstić information content (AvgIpc) is 3.43. The minimum Gasteiger partial charge on any atom is -0.496 e. The third kappa shape index (κ3) is 7.24. The number of pyridine rings is 1. The summed E-state index contributed by atoms with van der Waals surface area (Å²) >= 11 is 1.86. The van der Waals surface area contributed by atoms with Crippen LogP contribution >= 0.6 is 11.8 Å². The van der Waals surface area contributed by atoms with Gasteiger partial charge < -0.3 is 24.4 Å². The lowest BCUT2D eigenvalue weighted by atomic mass is 9.90. The number of amides is 2. The molecule has 0 spiro atoms. The molecule has 3 saturated carbocycles. The third-order valence-electron chi connectivity index (χ3n) is 11.7. The molecule has 5 aliphatic rings. The van der Waals surface area contributed by atoms with Crippen LogP contribution in [0.4, 0.5) is 0 Å². The second-order valence-corrected chi connectivity index (χ2v) is 16.1. The fourth-order valence-corrected chi connectivity index (χ4v) is 9.87. The van der Waals surface area contributed by atoms with Crippen molar-refractivity contribution >= 4 is 45.5 Å². The zero-order chi connectivity index (χ0) is 35.7. The maximum Gasteiger partial charge on any atom is 0.332 e. The van der Waals surface area contributed by atoms with Crippen molar-refractivity contribution in [2.24, 2.45) is 28.7 Å². The molecule has 6 atom stereocenters. The number of thioether (sulfide) groups is 1. The number of aliphatic imine (C=N–C) groups is 1. The van der Waals surface area contributed by atoms with Gasteiger partial charge in [-0.3, -0.25) is 14.6 Å². The highest BCUT2D eigenvalue weighted by Gasteiger charge is 2.62. The molecule has 2 aromatic rings. The molecule has 2 aliphatic heterocycles. The number of aryl methyl sites for hydroxylation is 1. The van der Waals surface area contributed by atoms with Crippen LogP contribution in [0.2, 0.25) is 0 Å². The first-order valence-electron chi connectivity index (χ1n) is 19.0. The molecule has 274 valence electrons. The number of fused-ring (bicyclic) bond motifs is 3. The van der Waals surface area contributed by atoms with Crippen molar-refractivity contribution in [2.75, 3.05) is 33.1 Å². The van der Waals surface area contributed by atoms with Crippen molar-refractivity contribution in [2.45, 2.75) is 102 Å². The highest BCUT2D eigenvalue weighted by molar-refractivity contribution is 8.14. The normalized spacial score (nSPS) is 30.9. The number of methoxy groups -OCH3 is 1. The molecule has 10 nitrogen and oxygen atoms in total. The number of carbonyl (C=O) groups excluding carboxylic acids is 3. The predicted octanol–water partition coefficient (Wildman–Crippen LogP) is 6.73. The Morgan fingerprint density at radius 2 is 1.88 bits per heavy atom. The summed E-state index contributed by atoms with van der Waals surface area (Å²) in [6.45, 7) is 4.65. The summed E-state index contributed by atoms with van der Waals surface area (Å²) in [6, 6.07) is 5.87. The van der Waals surface area contributed by atoms with Gasteiger partial charge in [0.05, 0.1) is 41.8 Å². The topological polar surface area (TPSA) is 119 Å². The molecule has 11 heteroatoms. The van der Waals surface area contributed by atoms with Gasteiger partial charge in [0.2, 0.25) is 11.8 Å². The van der Waals surface area contributed by atoms with Gasteiger partial charge in [0.1, 0.15) is 29.2 Å². The van der Waals surface area contributed by atoms with Gasteiger partial charge in [-0.15, -0.1) is 11.8 Å². The van der Waals surface area contributed by atoms with E-state index in [1.54, 1.807) is 18.9 Å². The summed E-state index contributed by atoms with van der Waals surface area (Å²) in [7, 11) is 3.49. The zero-order valence-electron chi connectivity index (χ0n) is 30.4. The molecule has 51 heavy (non-hydrogen) atoms. The summed E-state index contributed by atoms with van der Waals surface area (Å²) in [6.07, 6.45) is 13.9. The summed E-state index contributed by atoms with van der Waals surface area (Å²) in [5.74, 6) is 0.734. The lowest BCUT2D eigenvalue weighted by Crippen LogP contribution is -2.50. The van der Waals surface area contributed by atoms with E-state index in [9.17, 15) is 14.4 Å². The van der Waals surface area contributed by atoms with Crippen LogP contribution in [-0.4, -0.2) is 77.4 Å². The van der Waals surface area contributed by atoms with Crippen molar-refractivity contribution in [3.63, 3.8) is 0 Å². The molecule has 7 rings (SSSR count). The number of hydrogen-bond acceptors (Lipinski definition) is 9. The van der Waals surface area contributed by atoms with E-state index in [4.69, 9.17) is 24.2 Å². The number of esters is 1. The minimum absolute atomic E-state index is 0.0557. The minimum atomic E-state index is -1.09. The van der Waals surface area contributed by atoms with Crippen LogP contribution in [0.25, 0.3) is 10.9 Å². The number of nitrogens with one attached hydrogen (secondary N) is 1. The van der Waals surface area contributed by atoms with Gasteiger partial charge >= 0.3 is 5.97 Å². The SMILES string of the molecule is CCOC(=O)[C@@]12C[C@H]1/C=C\CCCCN(C)C(=O)[C@@H]1C[C@H](Oc3cc(C4CSC(C5CCCCC5)=N4)nc4c(C)c(OC)ccc34)C[C@H]1C(=O)N2. The Bertz CT molecular complexity index is 1720. The number of hydrogen-bond donors (Lipinski definition) is 1. The Morgan fingerprint density at radius 1 is 1.08 bits per heavy atom. The quantitative estimate of drug-likeness (QED) is 0.248. The van der Waals surface area contributed by atoms with E-state index in [1.807, 2.05) is 50.0 Å². The molecule has 1 N–H and O–H groups in total. The van der Waals surface area contributed by atoms with Crippen LogP contribution < -0.4 is 14.8 Å². The highest BCUT2D eigenvalue weighted by Crippen LogP contribution is 2.48. The van der Waals surface area contributed by atoms with E-state index in [2.05, 4.69) is 11.4 Å². The van der Waals surface area contributed by atoms with Gasteiger partial charge in [-0.1, -0.05) is 31.4 Å². The number of carbonyl (C=O) groups is 3. The summed E-state index contributed by atoms with van der Waals surface area (Å²) < 4.78 is 18.0. The van der Waals surface area contributed by atoms with E-state index in [0.29, 0.717) is 37.5 Å². The first-order valence-corrected chi connectivity index (χ1v) is 20.0. The molecule has 1 aromatic heterocycles. The number of nitrogens with zero attached hydrogens (tertiary/aromatic N) is 3. The molecule has 1 unspecified atom stereocenters. The molecule has 0 bridgehead atoms. The van der Waals surface area contributed by atoms with Gasteiger partial charge in [0, 0.05) is 48.2 Å².